The first-order chi connectivity index (χ1) is 17.2. The molecule has 0 aliphatic rings. The van der Waals surface area contributed by atoms with E-state index in [2.05, 4.69) is 35.6 Å². The van der Waals surface area contributed by atoms with Crippen LogP contribution < -0.4 is 10.1 Å². The van der Waals surface area contributed by atoms with Crippen molar-refractivity contribution in [2.45, 2.75) is 6.92 Å². The fourth-order valence-corrected chi connectivity index (χ4v) is 3.94. The monoisotopic (exact) mass is 460 g/mol. The van der Waals surface area contributed by atoms with Crippen molar-refractivity contribution in [2.75, 3.05) is 11.9 Å². The third kappa shape index (κ3) is 5.39. The molecule has 4 aromatic carbocycles. The molecular formula is C31H25FN2O. The van der Waals surface area contributed by atoms with E-state index in [9.17, 15) is 4.39 Å². The second-order valence-corrected chi connectivity index (χ2v) is 8.16. The van der Waals surface area contributed by atoms with E-state index in [0.717, 1.165) is 50.8 Å². The third-order valence-corrected chi connectivity index (χ3v) is 5.71. The molecule has 1 aromatic heterocycles. The minimum atomic E-state index is -0.266. The van der Waals surface area contributed by atoms with E-state index in [4.69, 9.17) is 9.72 Å². The summed E-state index contributed by atoms with van der Waals surface area (Å²) >= 11 is 0. The molecule has 0 saturated heterocycles. The maximum atomic E-state index is 13.5. The van der Waals surface area contributed by atoms with Gasteiger partial charge in [-0.15, -0.1) is 0 Å². The zero-order valence-electron chi connectivity index (χ0n) is 19.4. The Morgan fingerprint density at radius 2 is 1.17 bits per heavy atom. The number of para-hydroxylation sites is 1. The lowest BCUT2D eigenvalue weighted by Gasteiger charge is -2.12. The van der Waals surface area contributed by atoms with Crippen molar-refractivity contribution in [3.63, 3.8) is 0 Å². The van der Waals surface area contributed by atoms with Gasteiger partial charge in [-0.2, -0.15) is 0 Å². The quantitative estimate of drug-likeness (QED) is 0.265. The molecule has 1 N–H and O–H groups in total. The molecule has 0 unspecified atom stereocenters. The predicted octanol–water partition coefficient (Wildman–Crippen LogP) is 8.36. The topological polar surface area (TPSA) is 34.1 Å². The minimum absolute atomic E-state index is 0.266. The zero-order chi connectivity index (χ0) is 24.0. The predicted molar refractivity (Wildman–Crippen MR) is 141 cm³/mol. The molecule has 0 saturated carbocycles. The van der Waals surface area contributed by atoms with Crippen LogP contribution in [-0.4, -0.2) is 11.6 Å². The molecule has 0 amide bonds. The van der Waals surface area contributed by atoms with E-state index >= 15 is 0 Å². The molecule has 172 valence electrons. The number of nitrogens with one attached hydrogen (secondary N) is 1. The highest BCUT2D eigenvalue weighted by Gasteiger charge is 2.10. The zero-order valence-corrected chi connectivity index (χ0v) is 19.4. The fraction of sp³-hybridized carbons (Fsp3) is 0.0645. The summed E-state index contributed by atoms with van der Waals surface area (Å²) in [6, 6.07) is 36.9. The van der Waals surface area contributed by atoms with Crippen LogP contribution in [0.3, 0.4) is 0 Å². The summed E-state index contributed by atoms with van der Waals surface area (Å²) in [5.41, 5.74) is 7.65. The van der Waals surface area contributed by atoms with Gasteiger partial charge in [0.1, 0.15) is 11.6 Å². The summed E-state index contributed by atoms with van der Waals surface area (Å²) < 4.78 is 19.1. The smallest absolute Gasteiger partial charge is 0.123 e. The second-order valence-electron chi connectivity index (χ2n) is 8.16. The van der Waals surface area contributed by atoms with Gasteiger partial charge in [0.05, 0.1) is 18.0 Å². The van der Waals surface area contributed by atoms with Gasteiger partial charge in [0, 0.05) is 22.5 Å². The Kier molecular flexibility index (Phi) is 6.53. The molecule has 0 atom stereocenters. The number of hydrogen-bond acceptors (Lipinski definition) is 3. The first-order valence-electron chi connectivity index (χ1n) is 11.6. The summed E-state index contributed by atoms with van der Waals surface area (Å²) in [6.45, 7) is 2.59. The van der Waals surface area contributed by atoms with Crippen LogP contribution in [0.4, 0.5) is 15.8 Å². The van der Waals surface area contributed by atoms with E-state index in [0.29, 0.717) is 6.61 Å². The van der Waals surface area contributed by atoms with Gasteiger partial charge in [0.2, 0.25) is 0 Å². The molecule has 5 rings (SSSR count). The third-order valence-electron chi connectivity index (χ3n) is 5.71. The Bertz CT molecular complexity index is 1400. The number of nitrogens with zero attached hydrogens (tertiary/aromatic N) is 1. The van der Waals surface area contributed by atoms with Crippen molar-refractivity contribution in [1.82, 2.24) is 4.98 Å². The maximum absolute atomic E-state index is 13.5. The Balaban J connectivity index is 1.52. The average molecular weight is 461 g/mol. The van der Waals surface area contributed by atoms with Crippen molar-refractivity contribution in [2.24, 2.45) is 0 Å². The normalized spacial score (nSPS) is 10.7. The van der Waals surface area contributed by atoms with E-state index in [1.165, 1.54) is 12.1 Å². The average Bonchev–Trinajstić information content (AvgIpc) is 2.90. The van der Waals surface area contributed by atoms with Crippen LogP contribution in [0.1, 0.15) is 6.92 Å². The van der Waals surface area contributed by atoms with Gasteiger partial charge in [-0.3, -0.25) is 0 Å². The van der Waals surface area contributed by atoms with Gasteiger partial charge in [0.25, 0.3) is 0 Å². The molecule has 4 heteroatoms. The van der Waals surface area contributed by atoms with Gasteiger partial charge in [-0.25, -0.2) is 9.37 Å². The number of anilines is 2. The highest BCUT2D eigenvalue weighted by molar-refractivity contribution is 5.77. The molecule has 0 aliphatic heterocycles. The van der Waals surface area contributed by atoms with Crippen LogP contribution in [-0.2, 0) is 0 Å². The lowest BCUT2D eigenvalue weighted by atomic mass is 9.99. The van der Waals surface area contributed by atoms with Crippen LogP contribution in [0, 0.1) is 5.82 Å². The van der Waals surface area contributed by atoms with Crippen LogP contribution in [0.2, 0.25) is 0 Å². The van der Waals surface area contributed by atoms with Gasteiger partial charge in [-0.1, -0.05) is 30.3 Å². The van der Waals surface area contributed by atoms with E-state index in [1.807, 2.05) is 67.6 Å². The largest absolute Gasteiger partial charge is 0.494 e. The molecule has 35 heavy (non-hydrogen) atoms. The standard InChI is InChI=1S/C31H25FN2O/c1-2-35-29-18-12-24(13-19-29)31-21-25(20-30(34-31)23-8-14-26(32)15-9-23)22-10-16-28(17-11-22)33-27-6-4-3-5-7-27/h3-21,33H,2H2,1H3. The van der Waals surface area contributed by atoms with Crippen molar-refractivity contribution < 1.29 is 9.13 Å². The van der Waals surface area contributed by atoms with Crippen LogP contribution in [0.25, 0.3) is 33.6 Å². The summed E-state index contributed by atoms with van der Waals surface area (Å²) in [4.78, 5) is 4.90. The molecular weight excluding hydrogens is 435 g/mol. The first kappa shape index (κ1) is 22.4. The highest BCUT2D eigenvalue weighted by Crippen LogP contribution is 2.32. The van der Waals surface area contributed by atoms with Crippen LogP contribution in [0.15, 0.2) is 115 Å². The second kappa shape index (κ2) is 10.2. The number of aromatic nitrogens is 1. The lowest BCUT2D eigenvalue weighted by Crippen LogP contribution is -1.93. The number of hydrogen-bond donors (Lipinski definition) is 1. The van der Waals surface area contributed by atoms with Crippen molar-refractivity contribution in [1.29, 1.82) is 0 Å². The summed E-state index contributed by atoms with van der Waals surface area (Å²) in [6.07, 6.45) is 0. The number of ether oxygens (including phenoxy) is 1. The number of benzene rings is 4. The molecule has 0 fully saturated rings. The molecule has 0 bridgehead atoms. The first-order valence-corrected chi connectivity index (χ1v) is 11.6. The minimum Gasteiger partial charge on any atom is -0.494 e. The molecule has 5 aromatic rings. The van der Waals surface area contributed by atoms with Gasteiger partial charge in [-0.05, 0) is 103 Å². The Labute approximate surface area is 204 Å². The van der Waals surface area contributed by atoms with Gasteiger partial charge >= 0.3 is 0 Å². The summed E-state index contributed by atoms with van der Waals surface area (Å²) in [7, 11) is 0. The number of halogens is 1. The Hall–Kier alpha value is -4.44. The van der Waals surface area contributed by atoms with Crippen molar-refractivity contribution in [3.8, 4) is 39.4 Å². The van der Waals surface area contributed by atoms with Gasteiger partial charge in [0.15, 0.2) is 0 Å². The molecule has 1 heterocycles. The summed E-state index contributed by atoms with van der Waals surface area (Å²) in [5.74, 6) is 0.561. The Morgan fingerprint density at radius 3 is 1.77 bits per heavy atom. The highest BCUT2D eigenvalue weighted by atomic mass is 19.1. The fourth-order valence-electron chi connectivity index (χ4n) is 3.94. The number of pyridine rings is 1. The van der Waals surface area contributed by atoms with E-state index in [-0.39, 0.29) is 5.82 Å². The number of rotatable bonds is 7. The summed E-state index contributed by atoms with van der Waals surface area (Å²) in [5, 5.41) is 3.42. The Morgan fingerprint density at radius 1 is 0.629 bits per heavy atom. The lowest BCUT2D eigenvalue weighted by molar-refractivity contribution is 0.340. The van der Waals surface area contributed by atoms with Crippen LogP contribution >= 0.6 is 0 Å². The van der Waals surface area contributed by atoms with Crippen molar-refractivity contribution in [3.05, 3.63) is 121 Å². The van der Waals surface area contributed by atoms with E-state index in [1.54, 1.807) is 12.1 Å². The molecule has 0 aliphatic carbocycles. The van der Waals surface area contributed by atoms with Crippen molar-refractivity contribution >= 4 is 11.4 Å². The van der Waals surface area contributed by atoms with E-state index < -0.39 is 0 Å². The molecule has 3 nitrogen and oxygen atoms in total. The SMILES string of the molecule is CCOc1ccc(-c2cc(-c3ccc(Nc4ccccc4)cc3)cc(-c3ccc(F)cc3)n2)cc1. The molecule has 0 spiro atoms. The molecule has 0 radical (unpaired) electrons. The van der Waals surface area contributed by atoms with Gasteiger partial charge < -0.3 is 10.1 Å². The maximum Gasteiger partial charge on any atom is 0.123 e. The van der Waals surface area contributed by atoms with Crippen LogP contribution in [0.5, 0.6) is 5.75 Å².